The second-order valence-electron chi connectivity index (χ2n) is 3.58. The van der Waals surface area contributed by atoms with E-state index in [0.29, 0.717) is 5.41 Å². The lowest BCUT2D eigenvalue weighted by Gasteiger charge is -2.25. The third-order valence-corrected chi connectivity index (χ3v) is 4.59. The van der Waals surface area contributed by atoms with Crippen LogP contribution in [0, 0.1) is 5.41 Å². The highest BCUT2D eigenvalue weighted by atomic mass is 79.9. The molecule has 1 rings (SSSR count). The van der Waals surface area contributed by atoms with Crippen molar-refractivity contribution in [2.75, 3.05) is 17.3 Å². The van der Waals surface area contributed by atoms with Gasteiger partial charge in [0.1, 0.15) is 0 Å². The summed E-state index contributed by atoms with van der Waals surface area (Å²) in [6.45, 7) is 0. The molecule has 66 valence electrons. The van der Waals surface area contributed by atoms with Crippen molar-refractivity contribution in [3.8, 4) is 0 Å². The molecule has 1 saturated carbocycles. The van der Waals surface area contributed by atoms with E-state index in [-0.39, 0.29) is 0 Å². The molecule has 0 bridgehead atoms. The van der Waals surface area contributed by atoms with E-state index in [2.05, 4.69) is 22.2 Å². The molecule has 0 aliphatic heterocycles. The third kappa shape index (κ3) is 2.66. The lowest BCUT2D eigenvalue weighted by molar-refractivity contribution is 0.339. The summed E-state index contributed by atoms with van der Waals surface area (Å²) < 4.78 is 0. The molecule has 0 nitrogen and oxygen atoms in total. The third-order valence-electron chi connectivity index (χ3n) is 2.78. The fraction of sp³-hybridized carbons (Fsp3) is 1.00. The van der Waals surface area contributed by atoms with E-state index in [1.54, 1.807) is 0 Å². The van der Waals surface area contributed by atoms with Crippen LogP contribution in [0.25, 0.3) is 0 Å². The summed E-state index contributed by atoms with van der Waals surface area (Å²) in [5.41, 5.74) is 0.684. The minimum atomic E-state index is 0.684. The lowest BCUT2D eigenvalue weighted by atomic mass is 9.86. The van der Waals surface area contributed by atoms with Gasteiger partial charge in [-0.3, -0.25) is 0 Å². The maximum atomic E-state index is 3.65. The van der Waals surface area contributed by atoms with Crippen LogP contribution in [-0.2, 0) is 0 Å². The molecule has 0 atom stereocenters. The Hall–Kier alpha value is 0.830. The highest BCUT2D eigenvalue weighted by Gasteiger charge is 2.31. The molecular weight excluding hydrogens is 220 g/mol. The molecule has 0 aromatic rings. The van der Waals surface area contributed by atoms with Crippen LogP contribution in [0.5, 0.6) is 0 Å². The van der Waals surface area contributed by atoms with Crippen LogP contribution >= 0.6 is 27.7 Å². The monoisotopic (exact) mass is 236 g/mol. The summed E-state index contributed by atoms with van der Waals surface area (Å²) in [6.07, 6.45) is 9.45. The molecule has 0 spiro atoms. The molecule has 1 aliphatic rings. The largest absolute Gasteiger partial charge is 0.165 e. The van der Waals surface area contributed by atoms with Crippen LogP contribution < -0.4 is 0 Å². The van der Waals surface area contributed by atoms with Gasteiger partial charge in [-0.25, -0.2) is 0 Å². The number of rotatable bonds is 4. The van der Waals surface area contributed by atoms with E-state index < -0.39 is 0 Å². The maximum absolute atomic E-state index is 3.65. The van der Waals surface area contributed by atoms with Crippen LogP contribution in [0.15, 0.2) is 0 Å². The van der Waals surface area contributed by atoms with Gasteiger partial charge in [0.05, 0.1) is 0 Å². The molecule has 0 radical (unpaired) electrons. The van der Waals surface area contributed by atoms with Gasteiger partial charge in [-0.1, -0.05) is 28.8 Å². The molecule has 0 heterocycles. The van der Waals surface area contributed by atoms with Crippen LogP contribution in [0.2, 0.25) is 0 Å². The maximum Gasteiger partial charge on any atom is 0.00882 e. The lowest BCUT2D eigenvalue weighted by Crippen LogP contribution is -2.18. The van der Waals surface area contributed by atoms with Crippen molar-refractivity contribution >= 4 is 27.7 Å². The predicted octanol–water partition coefficient (Wildman–Crippen LogP) is 3.69. The Labute approximate surface area is 82.6 Å². The van der Waals surface area contributed by atoms with Crippen LogP contribution in [0.1, 0.15) is 32.1 Å². The Balaban J connectivity index is 2.33. The van der Waals surface area contributed by atoms with Gasteiger partial charge in [-0.15, -0.1) is 0 Å². The summed E-state index contributed by atoms with van der Waals surface area (Å²) in [5, 5.41) is 1.22. The molecule has 1 aliphatic carbocycles. The Bertz CT molecular complexity index is 108. The second kappa shape index (κ2) is 4.76. The van der Waals surface area contributed by atoms with E-state index in [0.717, 1.165) is 0 Å². The smallest absolute Gasteiger partial charge is 0.00882 e. The molecule has 0 unspecified atom stereocenters. The zero-order chi connectivity index (χ0) is 8.16. The minimum Gasteiger partial charge on any atom is -0.165 e. The van der Waals surface area contributed by atoms with Gasteiger partial charge >= 0.3 is 0 Å². The van der Waals surface area contributed by atoms with Crippen molar-refractivity contribution in [1.29, 1.82) is 0 Å². The first-order valence-corrected chi connectivity index (χ1v) is 6.89. The molecule has 1 fully saturated rings. The van der Waals surface area contributed by atoms with Gasteiger partial charge in [0.15, 0.2) is 0 Å². The first-order valence-electron chi connectivity index (χ1n) is 4.38. The summed E-state index contributed by atoms with van der Waals surface area (Å²) in [6, 6.07) is 0. The standard InChI is InChI=1S/C9H17BrS/c1-11-7-6-9(8-10)4-2-3-5-9/h2-8H2,1H3. The van der Waals surface area contributed by atoms with E-state index in [1.807, 2.05) is 11.8 Å². The van der Waals surface area contributed by atoms with Gasteiger partial charge in [-0.2, -0.15) is 11.8 Å². The van der Waals surface area contributed by atoms with Gasteiger partial charge in [0, 0.05) is 5.33 Å². The Morgan fingerprint density at radius 1 is 1.36 bits per heavy atom. The number of thioether (sulfide) groups is 1. The summed E-state index contributed by atoms with van der Waals surface area (Å²) in [7, 11) is 0. The molecule has 11 heavy (non-hydrogen) atoms. The van der Waals surface area contributed by atoms with Crippen molar-refractivity contribution in [3.63, 3.8) is 0 Å². The summed E-state index contributed by atoms with van der Waals surface area (Å²) >= 11 is 5.64. The van der Waals surface area contributed by atoms with Crippen molar-refractivity contribution in [2.24, 2.45) is 5.41 Å². The number of alkyl halides is 1. The fourth-order valence-electron chi connectivity index (χ4n) is 1.89. The average Bonchev–Trinajstić information content (AvgIpc) is 2.50. The zero-order valence-electron chi connectivity index (χ0n) is 7.24. The quantitative estimate of drug-likeness (QED) is 0.672. The SMILES string of the molecule is CSCCC1(CBr)CCCC1. The first-order chi connectivity index (χ1) is 5.33. The van der Waals surface area contributed by atoms with E-state index in [1.165, 1.54) is 43.2 Å². The Morgan fingerprint density at radius 2 is 2.00 bits per heavy atom. The van der Waals surface area contributed by atoms with Crippen molar-refractivity contribution in [3.05, 3.63) is 0 Å². The summed E-state index contributed by atoms with van der Waals surface area (Å²) in [4.78, 5) is 0. The Morgan fingerprint density at radius 3 is 2.45 bits per heavy atom. The van der Waals surface area contributed by atoms with Gasteiger partial charge in [-0.05, 0) is 36.7 Å². The van der Waals surface area contributed by atoms with E-state index >= 15 is 0 Å². The predicted molar refractivity (Wildman–Crippen MR) is 57.7 cm³/mol. The van der Waals surface area contributed by atoms with Crippen LogP contribution in [-0.4, -0.2) is 17.3 Å². The molecule has 2 heteroatoms. The fourth-order valence-corrected chi connectivity index (χ4v) is 3.37. The Kier molecular flexibility index (Phi) is 4.29. The molecule has 0 saturated heterocycles. The zero-order valence-corrected chi connectivity index (χ0v) is 9.64. The number of hydrogen-bond acceptors (Lipinski definition) is 1. The van der Waals surface area contributed by atoms with Gasteiger partial charge in [0.2, 0.25) is 0 Å². The van der Waals surface area contributed by atoms with Gasteiger partial charge < -0.3 is 0 Å². The highest BCUT2D eigenvalue weighted by Crippen LogP contribution is 2.42. The van der Waals surface area contributed by atoms with Crippen molar-refractivity contribution in [2.45, 2.75) is 32.1 Å². The van der Waals surface area contributed by atoms with Crippen LogP contribution in [0.4, 0.5) is 0 Å². The number of hydrogen-bond donors (Lipinski definition) is 0. The van der Waals surface area contributed by atoms with E-state index in [4.69, 9.17) is 0 Å². The van der Waals surface area contributed by atoms with Crippen molar-refractivity contribution < 1.29 is 0 Å². The van der Waals surface area contributed by atoms with Gasteiger partial charge in [0.25, 0.3) is 0 Å². The van der Waals surface area contributed by atoms with E-state index in [9.17, 15) is 0 Å². The average molecular weight is 237 g/mol. The molecule has 0 aromatic carbocycles. The van der Waals surface area contributed by atoms with Crippen molar-refractivity contribution in [1.82, 2.24) is 0 Å². The normalized spacial score (nSPS) is 22.4. The first kappa shape index (κ1) is 9.91. The molecule has 0 N–H and O–H groups in total. The molecule has 0 aromatic heterocycles. The topological polar surface area (TPSA) is 0 Å². The highest BCUT2D eigenvalue weighted by molar-refractivity contribution is 9.09. The molecule has 0 amide bonds. The summed E-state index contributed by atoms with van der Waals surface area (Å²) in [5.74, 6) is 1.34. The molecular formula is C9H17BrS. The minimum absolute atomic E-state index is 0.684. The van der Waals surface area contributed by atoms with Crippen LogP contribution in [0.3, 0.4) is 0 Å². The second-order valence-corrected chi connectivity index (χ2v) is 5.13. The number of halogens is 1.